The van der Waals surface area contributed by atoms with E-state index in [2.05, 4.69) is 26.9 Å². The molecule has 1 aromatic heterocycles. The lowest BCUT2D eigenvalue weighted by atomic mass is 10.3. The number of thioether (sulfide) groups is 1. The van der Waals surface area contributed by atoms with E-state index in [0.717, 1.165) is 24.6 Å². The predicted molar refractivity (Wildman–Crippen MR) is 86.6 cm³/mol. The molecule has 2 N–H and O–H groups in total. The van der Waals surface area contributed by atoms with E-state index in [9.17, 15) is 0 Å². The van der Waals surface area contributed by atoms with Gasteiger partial charge in [0.15, 0.2) is 5.96 Å². The average Bonchev–Trinajstić information content (AvgIpc) is 2.50. The van der Waals surface area contributed by atoms with Crippen molar-refractivity contribution in [3.05, 3.63) is 23.9 Å². The van der Waals surface area contributed by atoms with E-state index in [1.165, 1.54) is 12.2 Å². The molecule has 0 aliphatic heterocycles. The summed E-state index contributed by atoms with van der Waals surface area (Å²) in [6.07, 6.45) is 4.51. The summed E-state index contributed by atoms with van der Waals surface area (Å²) in [6.45, 7) is 1.56. The molecule has 5 nitrogen and oxygen atoms in total. The van der Waals surface area contributed by atoms with Crippen LogP contribution in [0.25, 0.3) is 0 Å². The lowest BCUT2D eigenvalue weighted by molar-refractivity contribution is 0.396. The maximum Gasteiger partial charge on any atom is 0.213 e. The van der Waals surface area contributed by atoms with Gasteiger partial charge in [-0.05, 0) is 30.9 Å². The second-order valence-electron chi connectivity index (χ2n) is 4.22. The van der Waals surface area contributed by atoms with Crippen LogP contribution < -0.4 is 15.4 Å². The van der Waals surface area contributed by atoms with Crippen molar-refractivity contribution >= 4 is 17.7 Å². The molecule has 1 rings (SSSR count). The quantitative estimate of drug-likeness (QED) is 0.436. The van der Waals surface area contributed by atoms with Gasteiger partial charge in [-0.2, -0.15) is 11.8 Å². The molecule has 0 radical (unpaired) electrons. The minimum atomic E-state index is 0.627. The second kappa shape index (κ2) is 10.4. The predicted octanol–water partition coefficient (Wildman–Crippen LogP) is 1.90. The highest BCUT2D eigenvalue weighted by Gasteiger charge is 2.00. The Morgan fingerprint density at radius 2 is 2.20 bits per heavy atom. The van der Waals surface area contributed by atoms with Crippen molar-refractivity contribution in [2.24, 2.45) is 4.99 Å². The number of rotatable bonds is 8. The van der Waals surface area contributed by atoms with Crippen LogP contribution in [0.3, 0.4) is 0 Å². The summed E-state index contributed by atoms with van der Waals surface area (Å²) < 4.78 is 5.10. The van der Waals surface area contributed by atoms with Gasteiger partial charge in [-0.3, -0.25) is 4.99 Å². The van der Waals surface area contributed by atoms with Gasteiger partial charge in [0.25, 0.3) is 0 Å². The first kappa shape index (κ1) is 16.6. The van der Waals surface area contributed by atoms with Gasteiger partial charge in [-0.15, -0.1) is 0 Å². The van der Waals surface area contributed by atoms with Gasteiger partial charge in [0.2, 0.25) is 5.88 Å². The first-order valence-electron chi connectivity index (χ1n) is 6.73. The Bertz CT molecular complexity index is 412. The number of nitrogens with zero attached hydrogens (tertiary/aromatic N) is 2. The van der Waals surface area contributed by atoms with Crippen LogP contribution in [0.15, 0.2) is 23.2 Å². The standard InChI is InChI=1S/C14H24N4OS/c1-15-14(16-9-4-5-10-20-3)17-11-12-7-6-8-13(18-12)19-2/h6-8H,4-5,9-11H2,1-3H3,(H2,15,16,17). The normalized spacial score (nSPS) is 11.2. The molecule has 0 aliphatic rings. The number of pyridine rings is 1. The van der Waals surface area contributed by atoms with E-state index in [-0.39, 0.29) is 0 Å². The summed E-state index contributed by atoms with van der Waals surface area (Å²) >= 11 is 1.88. The zero-order valence-electron chi connectivity index (χ0n) is 12.5. The highest BCUT2D eigenvalue weighted by molar-refractivity contribution is 7.98. The van der Waals surface area contributed by atoms with Crippen molar-refractivity contribution in [2.75, 3.05) is 32.7 Å². The molecule has 0 amide bonds. The van der Waals surface area contributed by atoms with Crippen molar-refractivity contribution in [3.8, 4) is 5.88 Å². The molecular formula is C14H24N4OS. The third kappa shape index (κ3) is 6.65. The first-order valence-corrected chi connectivity index (χ1v) is 8.13. The zero-order valence-corrected chi connectivity index (χ0v) is 13.3. The summed E-state index contributed by atoms with van der Waals surface area (Å²) in [7, 11) is 3.39. The fraction of sp³-hybridized carbons (Fsp3) is 0.571. The van der Waals surface area contributed by atoms with Crippen molar-refractivity contribution < 1.29 is 4.74 Å². The molecule has 0 atom stereocenters. The zero-order chi connectivity index (χ0) is 14.6. The van der Waals surface area contributed by atoms with Gasteiger partial charge < -0.3 is 15.4 Å². The Hall–Kier alpha value is -1.43. The van der Waals surface area contributed by atoms with Crippen LogP contribution in [-0.4, -0.2) is 43.7 Å². The van der Waals surface area contributed by atoms with E-state index in [1.807, 2.05) is 30.0 Å². The van der Waals surface area contributed by atoms with Crippen LogP contribution in [0, 0.1) is 0 Å². The molecule has 0 unspecified atom stereocenters. The summed E-state index contributed by atoms with van der Waals surface area (Å²) in [5, 5.41) is 6.54. The molecule has 1 aromatic rings. The van der Waals surface area contributed by atoms with E-state index in [4.69, 9.17) is 4.74 Å². The van der Waals surface area contributed by atoms with E-state index >= 15 is 0 Å². The highest BCUT2D eigenvalue weighted by Crippen LogP contribution is 2.06. The summed E-state index contributed by atoms with van der Waals surface area (Å²) in [5.41, 5.74) is 0.926. The Labute approximate surface area is 125 Å². The molecule has 0 aromatic carbocycles. The molecule has 0 aliphatic carbocycles. The first-order chi connectivity index (χ1) is 9.80. The number of guanidine groups is 1. The number of aliphatic imine (C=N–C) groups is 1. The van der Waals surface area contributed by atoms with E-state index in [1.54, 1.807) is 14.2 Å². The van der Waals surface area contributed by atoms with Gasteiger partial charge >= 0.3 is 0 Å². The number of nitrogens with one attached hydrogen (secondary N) is 2. The molecule has 1 heterocycles. The highest BCUT2D eigenvalue weighted by atomic mass is 32.2. The largest absolute Gasteiger partial charge is 0.481 e. The summed E-state index contributed by atoms with van der Waals surface area (Å²) in [5.74, 6) is 2.64. The van der Waals surface area contributed by atoms with Crippen LogP contribution in [0.2, 0.25) is 0 Å². The third-order valence-corrected chi connectivity index (χ3v) is 3.42. The van der Waals surface area contributed by atoms with Gasteiger partial charge in [0.1, 0.15) is 0 Å². The Kier molecular flexibility index (Phi) is 8.62. The van der Waals surface area contributed by atoms with E-state index in [0.29, 0.717) is 12.4 Å². The average molecular weight is 296 g/mol. The molecule has 112 valence electrons. The Balaban J connectivity index is 2.30. The molecule has 20 heavy (non-hydrogen) atoms. The molecule has 6 heteroatoms. The molecular weight excluding hydrogens is 272 g/mol. The third-order valence-electron chi connectivity index (χ3n) is 2.72. The number of methoxy groups -OCH3 is 1. The van der Waals surface area contributed by atoms with Crippen molar-refractivity contribution in [1.82, 2.24) is 15.6 Å². The van der Waals surface area contributed by atoms with Gasteiger partial charge in [0.05, 0.1) is 19.3 Å². The maximum absolute atomic E-state index is 5.10. The number of hydrogen-bond acceptors (Lipinski definition) is 4. The maximum atomic E-state index is 5.10. The lowest BCUT2D eigenvalue weighted by Crippen LogP contribution is -2.37. The minimum absolute atomic E-state index is 0.627. The number of ether oxygens (including phenoxy) is 1. The van der Waals surface area contributed by atoms with Crippen molar-refractivity contribution in [3.63, 3.8) is 0 Å². The van der Waals surface area contributed by atoms with Crippen LogP contribution in [0.1, 0.15) is 18.5 Å². The number of aromatic nitrogens is 1. The Morgan fingerprint density at radius 1 is 1.35 bits per heavy atom. The van der Waals surface area contributed by atoms with Crippen LogP contribution in [-0.2, 0) is 6.54 Å². The fourth-order valence-corrected chi connectivity index (χ4v) is 2.14. The summed E-state index contributed by atoms with van der Waals surface area (Å²) in [4.78, 5) is 8.54. The Morgan fingerprint density at radius 3 is 2.90 bits per heavy atom. The van der Waals surface area contributed by atoms with Crippen LogP contribution >= 0.6 is 11.8 Å². The smallest absolute Gasteiger partial charge is 0.213 e. The van der Waals surface area contributed by atoms with Crippen molar-refractivity contribution in [1.29, 1.82) is 0 Å². The molecule has 0 saturated carbocycles. The lowest BCUT2D eigenvalue weighted by Gasteiger charge is -2.11. The molecule has 0 fully saturated rings. The SMILES string of the molecule is CN=C(NCCCCSC)NCc1cccc(OC)n1. The number of hydrogen-bond donors (Lipinski definition) is 2. The second-order valence-corrected chi connectivity index (χ2v) is 5.21. The van der Waals surface area contributed by atoms with Gasteiger partial charge in [-0.1, -0.05) is 6.07 Å². The monoisotopic (exact) mass is 296 g/mol. The van der Waals surface area contributed by atoms with Gasteiger partial charge in [0, 0.05) is 19.7 Å². The fourth-order valence-electron chi connectivity index (χ4n) is 1.64. The molecule has 0 saturated heterocycles. The number of unbranched alkanes of at least 4 members (excludes halogenated alkanes) is 1. The van der Waals surface area contributed by atoms with Crippen LogP contribution in [0.5, 0.6) is 5.88 Å². The van der Waals surface area contributed by atoms with E-state index < -0.39 is 0 Å². The molecule has 0 bridgehead atoms. The molecule has 0 spiro atoms. The van der Waals surface area contributed by atoms with Crippen molar-refractivity contribution in [2.45, 2.75) is 19.4 Å². The summed E-state index contributed by atoms with van der Waals surface area (Å²) in [6, 6.07) is 5.73. The topological polar surface area (TPSA) is 58.5 Å². The van der Waals surface area contributed by atoms with Gasteiger partial charge in [-0.25, -0.2) is 4.98 Å². The minimum Gasteiger partial charge on any atom is -0.481 e. The van der Waals surface area contributed by atoms with Crippen LogP contribution in [0.4, 0.5) is 0 Å².